The average Bonchev–Trinajstić information content (AvgIpc) is 3.10. The molecule has 0 fully saturated rings. The van der Waals surface area contributed by atoms with Gasteiger partial charge in [0.15, 0.2) is 5.76 Å². The molecule has 2 N–H and O–H groups in total. The summed E-state index contributed by atoms with van der Waals surface area (Å²) >= 11 is 0.896. The fourth-order valence-electron chi connectivity index (χ4n) is 2.42. The zero-order valence-corrected chi connectivity index (χ0v) is 15.1. The molecule has 0 spiro atoms. The minimum atomic E-state index is -0.445. The molecule has 0 saturated heterocycles. The van der Waals surface area contributed by atoms with E-state index in [4.69, 9.17) is 4.42 Å². The molecule has 0 aliphatic rings. The first-order valence-corrected chi connectivity index (χ1v) is 9.03. The van der Waals surface area contributed by atoms with Crippen LogP contribution < -0.4 is 10.0 Å². The number of rotatable bonds is 7. The lowest BCUT2D eigenvalue weighted by molar-refractivity contribution is -0.116. The lowest BCUT2D eigenvalue weighted by Gasteiger charge is -2.03. The van der Waals surface area contributed by atoms with E-state index in [0.717, 1.165) is 22.9 Å². The second-order valence-corrected chi connectivity index (χ2v) is 6.54. The van der Waals surface area contributed by atoms with Crippen LogP contribution in [0.15, 0.2) is 70.5 Å². The number of nitrogens with one attached hydrogen (secondary N) is 2. The maximum atomic E-state index is 13.6. The summed E-state index contributed by atoms with van der Waals surface area (Å²) in [6.45, 7) is 3.87. The van der Waals surface area contributed by atoms with Gasteiger partial charge in [-0.3, -0.25) is 14.3 Å². The minimum absolute atomic E-state index is 0.144. The number of carbonyl (C=O) groups excluding carboxylic acids is 2. The molecular formula is C20H17FN2O3S. The zero-order chi connectivity index (χ0) is 19.2. The van der Waals surface area contributed by atoms with Gasteiger partial charge in [-0.05, 0) is 54.3 Å². The first kappa shape index (κ1) is 18.7. The van der Waals surface area contributed by atoms with Crippen LogP contribution in [-0.2, 0) is 11.2 Å². The van der Waals surface area contributed by atoms with E-state index in [9.17, 15) is 14.0 Å². The Kier molecular flexibility index (Phi) is 5.93. The van der Waals surface area contributed by atoms with Gasteiger partial charge in [0.25, 0.3) is 5.91 Å². The molecule has 2 aromatic carbocycles. The third-order valence-corrected chi connectivity index (χ3v) is 4.64. The highest BCUT2D eigenvalue weighted by molar-refractivity contribution is 7.98. The van der Waals surface area contributed by atoms with Crippen LogP contribution in [-0.4, -0.2) is 18.4 Å². The molecular weight excluding hydrogens is 367 g/mol. The van der Waals surface area contributed by atoms with E-state index < -0.39 is 11.7 Å². The number of carbonyl (C=O) groups is 2. The van der Waals surface area contributed by atoms with Gasteiger partial charge in [0.05, 0.1) is 4.90 Å². The van der Waals surface area contributed by atoms with E-state index in [1.165, 1.54) is 12.1 Å². The van der Waals surface area contributed by atoms with E-state index in [-0.39, 0.29) is 11.7 Å². The fourth-order valence-corrected chi connectivity index (χ4v) is 3.04. The number of benzene rings is 2. The van der Waals surface area contributed by atoms with Gasteiger partial charge in [-0.1, -0.05) is 30.8 Å². The number of amides is 2. The van der Waals surface area contributed by atoms with Gasteiger partial charge in [0, 0.05) is 11.9 Å². The van der Waals surface area contributed by atoms with Gasteiger partial charge >= 0.3 is 0 Å². The number of halogens is 1. The van der Waals surface area contributed by atoms with Crippen molar-refractivity contribution < 1.29 is 18.4 Å². The van der Waals surface area contributed by atoms with E-state index >= 15 is 0 Å². The summed E-state index contributed by atoms with van der Waals surface area (Å²) in [6.07, 6.45) is 1.85. The Morgan fingerprint density at radius 1 is 1.19 bits per heavy atom. The van der Waals surface area contributed by atoms with Gasteiger partial charge in [0.1, 0.15) is 11.4 Å². The minimum Gasteiger partial charge on any atom is -0.451 e. The Labute approximate surface area is 159 Å². The van der Waals surface area contributed by atoms with Crippen LogP contribution in [0.25, 0.3) is 11.0 Å². The van der Waals surface area contributed by atoms with Crippen molar-refractivity contribution in [1.29, 1.82) is 0 Å². The molecule has 0 atom stereocenters. The molecule has 0 aliphatic carbocycles. The number of furan rings is 1. The standard InChI is InChI=1S/C20H17FN2O3S/c1-2-19(24)22-10-9-13-7-8-14-12-17(26-16(14)11-13)20(25)23-27-18-6-4-3-5-15(18)21/h2-8,11-12H,1,9-10H2,(H,22,24)(H,23,25). The molecule has 3 rings (SSSR count). The van der Waals surface area contributed by atoms with E-state index in [0.29, 0.717) is 23.4 Å². The smallest absolute Gasteiger partial charge is 0.297 e. The van der Waals surface area contributed by atoms with Crippen LogP contribution in [0.1, 0.15) is 16.1 Å². The van der Waals surface area contributed by atoms with Crippen molar-refractivity contribution in [2.45, 2.75) is 11.3 Å². The molecule has 3 aromatic rings. The maximum Gasteiger partial charge on any atom is 0.297 e. The van der Waals surface area contributed by atoms with Gasteiger partial charge in [0.2, 0.25) is 5.91 Å². The number of fused-ring (bicyclic) bond motifs is 1. The van der Waals surface area contributed by atoms with Crippen LogP contribution in [0.2, 0.25) is 0 Å². The molecule has 1 aromatic heterocycles. The highest BCUT2D eigenvalue weighted by Gasteiger charge is 2.14. The predicted octanol–water partition coefficient (Wildman–Crippen LogP) is 3.85. The molecule has 0 saturated carbocycles. The van der Waals surface area contributed by atoms with Crippen molar-refractivity contribution in [2.75, 3.05) is 6.54 Å². The third-order valence-electron chi connectivity index (χ3n) is 3.80. The third kappa shape index (κ3) is 4.77. The van der Waals surface area contributed by atoms with E-state index in [2.05, 4.69) is 16.6 Å². The van der Waals surface area contributed by atoms with Gasteiger partial charge in [-0.25, -0.2) is 4.39 Å². The summed E-state index contributed by atoms with van der Waals surface area (Å²) in [7, 11) is 0. The Bertz CT molecular complexity index is 1000. The van der Waals surface area contributed by atoms with Crippen molar-refractivity contribution in [2.24, 2.45) is 0 Å². The van der Waals surface area contributed by atoms with Gasteiger partial charge in [-0.2, -0.15) is 0 Å². The average molecular weight is 384 g/mol. The summed E-state index contributed by atoms with van der Waals surface area (Å²) in [4.78, 5) is 23.7. The molecule has 0 aliphatic heterocycles. The molecule has 0 unspecified atom stereocenters. The first-order chi connectivity index (χ1) is 13.1. The molecule has 7 heteroatoms. The number of hydrogen-bond donors (Lipinski definition) is 2. The van der Waals surface area contributed by atoms with Crippen LogP contribution in [0.4, 0.5) is 4.39 Å². The van der Waals surface area contributed by atoms with Crippen LogP contribution in [0, 0.1) is 5.82 Å². The summed E-state index contributed by atoms with van der Waals surface area (Å²) in [6, 6.07) is 13.4. The monoisotopic (exact) mass is 384 g/mol. The second kappa shape index (κ2) is 8.55. The highest BCUT2D eigenvalue weighted by atomic mass is 32.2. The Morgan fingerprint density at radius 3 is 2.78 bits per heavy atom. The number of hydrogen-bond acceptors (Lipinski definition) is 4. The van der Waals surface area contributed by atoms with Crippen molar-refractivity contribution in [3.63, 3.8) is 0 Å². The molecule has 0 radical (unpaired) electrons. The normalized spacial score (nSPS) is 10.6. The van der Waals surface area contributed by atoms with Crippen molar-refractivity contribution in [3.8, 4) is 0 Å². The largest absolute Gasteiger partial charge is 0.451 e. The topological polar surface area (TPSA) is 71.3 Å². The lowest BCUT2D eigenvalue weighted by atomic mass is 10.1. The van der Waals surface area contributed by atoms with Crippen molar-refractivity contribution >= 4 is 34.7 Å². The summed E-state index contributed by atoms with van der Waals surface area (Å²) in [5.74, 6) is -0.925. The van der Waals surface area contributed by atoms with Crippen LogP contribution >= 0.6 is 11.9 Å². The zero-order valence-electron chi connectivity index (χ0n) is 14.3. The van der Waals surface area contributed by atoms with Crippen molar-refractivity contribution in [1.82, 2.24) is 10.0 Å². The van der Waals surface area contributed by atoms with Crippen LogP contribution in [0.3, 0.4) is 0 Å². The van der Waals surface area contributed by atoms with Gasteiger partial charge < -0.3 is 9.73 Å². The maximum absolute atomic E-state index is 13.6. The quantitative estimate of drug-likeness (QED) is 0.479. The second-order valence-electron chi connectivity index (χ2n) is 5.69. The molecule has 2 amide bonds. The van der Waals surface area contributed by atoms with Crippen molar-refractivity contribution in [3.05, 3.63) is 78.3 Å². The first-order valence-electron chi connectivity index (χ1n) is 8.21. The Balaban J connectivity index is 1.65. The Morgan fingerprint density at radius 2 is 2.00 bits per heavy atom. The molecule has 1 heterocycles. The predicted molar refractivity (Wildman–Crippen MR) is 103 cm³/mol. The van der Waals surface area contributed by atoms with Gasteiger partial charge in [-0.15, -0.1) is 0 Å². The lowest BCUT2D eigenvalue weighted by Crippen LogP contribution is -2.23. The fraction of sp³-hybridized carbons (Fsp3) is 0.100. The summed E-state index contributed by atoms with van der Waals surface area (Å²) in [5, 5.41) is 3.49. The van der Waals surface area contributed by atoms with E-state index in [1.807, 2.05) is 18.2 Å². The molecule has 0 bridgehead atoms. The molecule has 138 valence electrons. The van der Waals surface area contributed by atoms with Crippen LogP contribution in [0.5, 0.6) is 0 Å². The Hall–Kier alpha value is -3.06. The summed E-state index contributed by atoms with van der Waals surface area (Å²) in [5.41, 5.74) is 1.54. The summed E-state index contributed by atoms with van der Waals surface area (Å²) < 4.78 is 21.8. The molecule has 27 heavy (non-hydrogen) atoms. The van der Waals surface area contributed by atoms with E-state index in [1.54, 1.807) is 24.3 Å². The SMILES string of the molecule is C=CC(=O)NCCc1ccc2cc(C(=O)NSc3ccccc3F)oc2c1. The molecule has 5 nitrogen and oxygen atoms in total. The highest BCUT2D eigenvalue weighted by Crippen LogP contribution is 2.23.